The van der Waals surface area contributed by atoms with Gasteiger partial charge in [-0.25, -0.2) is 18.2 Å². The van der Waals surface area contributed by atoms with Crippen LogP contribution < -0.4 is 10.9 Å². The van der Waals surface area contributed by atoms with Gasteiger partial charge in [0.25, 0.3) is 5.56 Å². The lowest BCUT2D eigenvalue weighted by atomic mass is 9.81. The number of carbonyl (C=O) groups excluding carboxylic acids is 1. The van der Waals surface area contributed by atoms with Gasteiger partial charge in [-0.15, -0.1) is 0 Å². The third-order valence-corrected chi connectivity index (χ3v) is 6.20. The van der Waals surface area contributed by atoms with E-state index in [1.165, 1.54) is 6.07 Å². The van der Waals surface area contributed by atoms with Crippen molar-refractivity contribution in [1.82, 2.24) is 15.3 Å². The molecule has 40 heavy (non-hydrogen) atoms. The number of alkyl halides is 6. The Balaban J connectivity index is 1.45. The zero-order valence-corrected chi connectivity index (χ0v) is 20.0. The molecule has 0 atom stereocenters. The summed E-state index contributed by atoms with van der Waals surface area (Å²) in [5, 5.41) is 2.35. The summed E-state index contributed by atoms with van der Waals surface area (Å²) >= 11 is 0. The van der Waals surface area contributed by atoms with E-state index in [1.54, 1.807) is 4.98 Å². The molecule has 0 aliphatic heterocycles. The molecule has 6 nitrogen and oxygen atoms in total. The molecule has 0 saturated heterocycles. The lowest BCUT2D eigenvalue weighted by molar-refractivity contribution is -0.141. The molecule has 4 rings (SSSR count). The van der Waals surface area contributed by atoms with Crippen molar-refractivity contribution in [1.29, 1.82) is 0 Å². The molecule has 1 aliphatic carbocycles. The van der Waals surface area contributed by atoms with Gasteiger partial charge in [-0.1, -0.05) is 12.1 Å². The second kappa shape index (κ2) is 10.9. The van der Waals surface area contributed by atoms with Crippen molar-refractivity contribution in [3.8, 4) is 11.4 Å². The molecule has 2 N–H and O–H groups in total. The highest BCUT2D eigenvalue weighted by atomic mass is 19.4. The minimum atomic E-state index is -5.22. The first-order chi connectivity index (χ1) is 18.6. The van der Waals surface area contributed by atoms with Crippen LogP contribution >= 0.6 is 0 Å². The van der Waals surface area contributed by atoms with Gasteiger partial charge in [0, 0.05) is 35.7 Å². The number of benzene rings is 2. The van der Waals surface area contributed by atoms with E-state index in [0.717, 1.165) is 6.07 Å². The van der Waals surface area contributed by atoms with Crippen molar-refractivity contribution in [2.24, 2.45) is 5.92 Å². The van der Waals surface area contributed by atoms with Crippen LogP contribution in [0.3, 0.4) is 0 Å². The van der Waals surface area contributed by atoms with Gasteiger partial charge in [-0.05, 0) is 25.0 Å². The smallest absolute Gasteiger partial charge is 0.373 e. The maximum absolute atomic E-state index is 15.3. The number of carbonyl (C=O) groups is 1. The number of H-pyrrole nitrogens is 1. The van der Waals surface area contributed by atoms with Crippen LogP contribution in [0.2, 0.25) is 0 Å². The van der Waals surface area contributed by atoms with Gasteiger partial charge in [0.15, 0.2) is 5.69 Å². The Hall–Kier alpha value is -3.88. The Bertz CT molecular complexity index is 1480. The minimum absolute atomic E-state index is 0.0184. The molecule has 3 aromatic rings. The Morgan fingerprint density at radius 2 is 1.65 bits per heavy atom. The van der Waals surface area contributed by atoms with Gasteiger partial charge in [-0.2, -0.15) is 26.3 Å². The summed E-state index contributed by atoms with van der Waals surface area (Å²) in [6.45, 7) is -0.794. The quantitative estimate of drug-likeness (QED) is 0.362. The van der Waals surface area contributed by atoms with Crippen LogP contribution in [-0.4, -0.2) is 22.0 Å². The summed E-state index contributed by atoms with van der Waals surface area (Å²) in [4.78, 5) is 28.8. The number of nitrogens with one attached hydrogen (secondary N) is 2. The highest BCUT2D eigenvalue weighted by Gasteiger charge is 2.39. The summed E-state index contributed by atoms with van der Waals surface area (Å²) in [6.07, 6.45) is -10.4. The second-order valence-electron chi connectivity index (χ2n) is 8.99. The van der Waals surface area contributed by atoms with Gasteiger partial charge in [0.05, 0.1) is 23.8 Å². The predicted molar refractivity (Wildman–Crippen MR) is 120 cm³/mol. The Morgan fingerprint density at radius 1 is 0.975 bits per heavy atom. The standard InChI is InChI=1S/C25H18F9N3O3/c26-14-3-1-12(17(27)7-14)10-40-15-5-13(6-15)23(39)35-9-11-2-4-16(24(29,30)31)20(21(11)28)22-36-18(25(32,33)34)8-19(38)37-22/h1-4,7-8,13,15H,5-6,9-10H2,(H,35,39)(H,36,37,38)/t13-,15-. The fourth-order valence-corrected chi connectivity index (χ4v) is 4.03. The molecule has 0 radical (unpaired) electrons. The molecule has 1 aromatic heterocycles. The summed E-state index contributed by atoms with van der Waals surface area (Å²) < 4.78 is 127. The molecule has 1 heterocycles. The number of rotatable bonds is 7. The molecular weight excluding hydrogens is 561 g/mol. The van der Waals surface area contributed by atoms with Gasteiger partial charge in [-0.3, -0.25) is 9.59 Å². The number of hydrogen-bond donors (Lipinski definition) is 2. The normalized spacial score (nSPS) is 17.4. The van der Waals surface area contributed by atoms with Crippen LogP contribution in [0, 0.1) is 23.4 Å². The zero-order chi connectivity index (χ0) is 29.4. The molecule has 1 fully saturated rings. The second-order valence-corrected chi connectivity index (χ2v) is 8.99. The summed E-state index contributed by atoms with van der Waals surface area (Å²) in [5.41, 5.74) is -6.75. The number of hydrogen-bond acceptors (Lipinski definition) is 4. The Kier molecular flexibility index (Phi) is 7.97. The topological polar surface area (TPSA) is 84.1 Å². The summed E-state index contributed by atoms with van der Waals surface area (Å²) in [6, 6.07) is 4.10. The number of halogens is 9. The van der Waals surface area contributed by atoms with Crippen molar-refractivity contribution in [2.45, 2.75) is 44.4 Å². The fraction of sp³-hybridized carbons (Fsp3) is 0.320. The van der Waals surface area contributed by atoms with Crippen molar-refractivity contribution < 1.29 is 49.0 Å². The first-order valence-corrected chi connectivity index (χ1v) is 11.5. The maximum atomic E-state index is 15.3. The van der Waals surface area contributed by atoms with E-state index in [-0.39, 0.29) is 31.1 Å². The number of aromatic nitrogens is 2. The molecule has 1 saturated carbocycles. The van der Waals surface area contributed by atoms with Gasteiger partial charge < -0.3 is 15.0 Å². The Labute approximate surface area is 219 Å². The van der Waals surface area contributed by atoms with Crippen LogP contribution in [0.5, 0.6) is 0 Å². The largest absolute Gasteiger partial charge is 0.433 e. The maximum Gasteiger partial charge on any atom is 0.433 e. The van der Waals surface area contributed by atoms with E-state index < -0.39 is 88.0 Å². The molecule has 0 unspecified atom stereocenters. The van der Waals surface area contributed by atoms with E-state index >= 15 is 4.39 Å². The molecule has 0 spiro atoms. The molecule has 214 valence electrons. The average Bonchev–Trinajstić information content (AvgIpc) is 2.81. The highest BCUT2D eigenvalue weighted by molar-refractivity contribution is 5.79. The van der Waals surface area contributed by atoms with Crippen LogP contribution in [0.1, 0.15) is 35.2 Å². The molecule has 2 aromatic carbocycles. The van der Waals surface area contributed by atoms with Crippen LogP contribution in [0.15, 0.2) is 41.2 Å². The van der Waals surface area contributed by atoms with Crippen molar-refractivity contribution >= 4 is 5.91 Å². The van der Waals surface area contributed by atoms with Crippen molar-refractivity contribution in [3.63, 3.8) is 0 Å². The van der Waals surface area contributed by atoms with Crippen molar-refractivity contribution in [2.75, 3.05) is 0 Å². The SMILES string of the molecule is O=c1cc(C(F)(F)F)nc(-c2c(C(F)(F)F)ccc(CNC(=O)[C@H]3C[C@H](OCc4ccc(F)cc4F)C3)c2F)[nH]1. The number of amides is 1. The van der Waals surface area contributed by atoms with E-state index in [1.807, 2.05) is 0 Å². The number of aromatic amines is 1. The van der Waals surface area contributed by atoms with E-state index in [9.17, 15) is 44.7 Å². The van der Waals surface area contributed by atoms with Crippen LogP contribution in [0.4, 0.5) is 39.5 Å². The van der Waals surface area contributed by atoms with Crippen LogP contribution in [-0.2, 0) is 35.0 Å². The van der Waals surface area contributed by atoms with Crippen LogP contribution in [0.25, 0.3) is 11.4 Å². The molecular formula is C25H18F9N3O3. The lowest BCUT2D eigenvalue weighted by Crippen LogP contribution is -2.42. The third kappa shape index (κ3) is 6.46. The van der Waals surface area contributed by atoms with Gasteiger partial charge in [0.1, 0.15) is 23.3 Å². The van der Waals surface area contributed by atoms with E-state index in [0.29, 0.717) is 18.2 Å². The van der Waals surface area contributed by atoms with Gasteiger partial charge in [0.2, 0.25) is 5.91 Å². The lowest BCUT2D eigenvalue weighted by Gasteiger charge is -2.34. The average molecular weight is 579 g/mol. The Morgan fingerprint density at radius 3 is 2.27 bits per heavy atom. The zero-order valence-electron chi connectivity index (χ0n) is 20.0. The number of ether oxygens (including phenoxy) is 1. The fourth-order valence-electron chi connectivity index (χ4n) is 4.03. The van der Waals surface area contributed by atoms with Crippen molar-refractivity contribution in [3.05, 3.63) is 86.6 Å². The monoisotopic (exact) mass is 579 g/mol. The first-order valence-electron chi connectivity index (χ1n) is 11.5. The molecule has 1 amide bonds. The van der Waals surface area contributed by atoms with E-state index in [4.69, 9.17) is 4.74 Å². The third-order valence-electron chi connectivity index (χ3n) is 6.20. The molecule has 15 heteroatoms. The highest BCUT2D eigenvalue weighted by Crippen LogP contribution is 2.39. The number of nitrogens with zero attached hydrogens (tertiary/aromatic N) is 1. The summed E-state index contributed by atoms with van der Waals surface area (Å²) in [5.74, 6) is -5.67. The minimum Gasteiger partial charge on any atom is -0.373 e. The van der Waals surface area contributed by atoms with E-state index in [2.05, 4.69) is 10.3 Å². The molecule has 0 bridgehead atoms. The summed E-state index contributed by atoms with van der Waals surface area (Å²) in [7, 11) is 0. The predicted octanol–water partition coefficient (Wildman–Crippen LogP) is 5.50. The molecule has 1 aliphatic rings. The first kappa shape index (κ1) is 29.1. The van der Waals surface area contributed by atoms with Gasteiger partial charge >= 0.3 is 12.4 Å².